The molecule has 7 nitrogen and oxygen atoms in total. The maximum absolute atomic E-state index is 6.37. The van der Waals surface area contributed by atoms with Gasteiger partial charge < -0.3 is 28.2 Å². The first-order valence-electron chi connectivity index (χ1n) is 16.5. The van der Waals surface area contributed by atoms with E-state index in [9.17, 15) is 0 Å². The van der Waals surface area contributed by atoms with Crippen molar-refractivity contribution < 1.29 is 28.2 Å². The topological polar surface area (TPSA) is 49.4 Å². The van der Waals surface area contributed by atoms with Gasteiger partial charge in [0.2, 0.25) is 5.75 Å². The van der Waals surface area contributed by atoms with Gasteiger partial charge in [-0.1, -0.05) is 65.2 Å². The molecule has 0 aliphatic carbocycles. The maximum Gasteiger partial charge on any atom is 0.203 e. The van der Waals surface area contributed by atoms with Crippen LogP contribution < -0.4 is 14.2 Å². The Hall–Kier alpha value is -1.54. The van der Waals surface area contributed by atoms with Gasteiger partial charge >= 0.3 is 0 Å². The molecular formula is C34H63N2O5+. The molecule has 41 heavy (non-hydrogen) atoms. The van der Waals surface area contributed by atoms with E-state index in [-0.39, 0.29) is 0 Å². The summed E-state index contributed by atoms with van der Waals surface area (Å²) >= 11 is 0. The van der Waals surface area contributed by atoms with Gasteiger partial charge in [-0.3, -0.25) is 4.90 Å². The third-order valence-corrected chi connectivity index (χ3v) is 8.78. The van der Waals surface area contributed by atoms with Crippen molar-refractivity contribution in [1.82, 2.24) is 4.90 Å². The summed E-state index contributed by atoms with van der Waals surface area (Å²) in [6, 6.07) is 4.14. The fourth-order valence-electron chi connectivity index (χ4n) is 5.98. The number of benzene rings is 1. The van der Waals surface area contributed by atoms with E-state index >= 15 is 0 Å². The Morgan fingerprint density at radius 2 is 1.32 bits per heavy atom. The minimum absolute atomic E-state index is 0.310. The van der Waals surface area contributed by atoms with Gasteiger partial charge in [0, 0.05) is 19.6 Å². The van der Waals surface area contributed by atoms with Crippen LogP contribution in [0.5, 0.6) is 17.2 Å². The molecule has 1 aromatic rings. The number of hydrogen-bond acceptors (Lipinski definition) is 6. The number of unbranched alkanes of at least 4 members (excludes halogenated alkanes) is 6. The lowest BCUT2D eigenvalue weighted by molar-refractivity contribution is -0.945. The third kappa shape index (κ3) is 12.7. The van der Waals surface area contributed by atoms with Crippen LogP contribution in [0.1, 0.15) is 97.5 Å². The quantitative estimate of drug-likeness (QED) is 0.102. The Morgan fingerprint density at radius 3 is 1.85 bits per heavy atom. The van der Waals surface area contributed by atoms with Crippen LogP contribution in [0, 0.1) is 0 Å². The average molecular weight is 580 g/mol. The summed E-state index contributed by atoms with van der Waals surface area (Å²) in [7, 11) is 5.07. The normalized spacial score (nSPS) is 16.9. The van der Waals surface area contributed by atoms with Crippen molar-refractivity contribution in [2.24, 2.45) is 0 Å². The Kier molecular flexibility index (Phi) is 17.7. The molecule has 0 saturated carbocycles. The average Bonchev–Trinajstić information content (AvgIpc) is 2.98. The molecule has 1 aromatic carbocycles. The molecule has 1 aliphatic rings. The summed E-state index contributed by atoms with van der Waals surface area (Å²) in [6.45, 7) is 17.8. The van der Waals surface area contributed by atoms with Crippen LogP contribution in [-0.4, -0.2) is 95.4 Å². The predicted octanol–water partition coefficient (Wildman–Crippen LogP) is 7.10. The van der Waals surface area contributed by atoms with Gasteiger partial charge in [-0.25, -0.2) is 0 Å². The number of rotatable bonds is 23. The minimum atomic E-state index is 0.310. The van der Waals surface area contributed by atoms with Crippen LogP contribution in [-0.2, 0) is 16.0 Å². The lowest BCUT2D eigenvalue weighted by Crippen LogP contribution is -2.60. The molecule has 1 aliphatic heterocycles. The van der Waals surface area contributed by atoms with Crippen molar-refractivity contribution >= 4 is 0 Å². The van der Waals surface area contributed by atoms with Crippen molar-refractivity contribution in [2.75, 3.05) is 73.8 Å². The number of methoxy groups -OCH3 is 3. The molecule has 0 bridgehead atoms. The first-order valence-corrected chi connectivity index (χ1v) is 16.5. The summed E-state index contributed by atoms with van der Waals surface area (Å²) in [6.07, 6.45) is 13.3. The van der Waals surface area contributed by atoms with Gasteiger partial charge in [-0.15, -0.1) is 0 Å². The molecule has 0 N–H and O–H groups in total. The molecule has 0 amide bonds. The Bertz CT molecular complexity index is 813. The summed E-state index contributed by atoms with van der Waals surface area (Å²) in [5, 5.41) is 0. The first-order chi connectivity index (χ1) is 19.9. The van der Waals surface area contributed by atoms with Gasteiger partial charge in [0.15, 0.2) is 11.5 Å². The van der Waals surface area contributed by atoms with E-state index in [1.54, 1.807) is 21.3 Å². The first kappa shape index (κ1) is 35.7. The second-order valence-electron chi connectivity index (χ2n) is 12.1. The zero-order chi connectivity index (χ0) is 29.9. The second kappa shape index (κ2) is 20.4. The zero-order valence-electron chi connectivity index (χ0n) is 27.7. The monoisotopic (exact) mass is 579 g/mol. The van der Waals surface area contributed by atoms with E-state index in [4.69, 9.17) is 23.7 Å². The van der Waals surface area contributed by atoms with E-state index in [1.165, 1.54) is 57.8 Å². The van der Waals surface area contributed by atoms with Gasteiger partial charge in [0.25, 0.3) is 0 Å². The molecule has 2 unspecified atom stereocenters. The van der Waals surface area contributed by atoms with E-state index < -0.39 is 0 Å². The number of nitrogens with zero attached hydrogens (tertiary/aromatic N) is 2. The molecule has 2 atom stereocenters. The summed E-state index contributed by atoms with van der Waals surface area (Å²) in [4.78, 5) is 2.57. The fourth-order valence-corrected chi connectivity index (χ4v) is 5.98. The molecule has 7 heteroatoms. The van der Waals surface area contributed by atoms with Crippen molar-refractivity contribution in [3.8, 4) is 17.2 Å². The molecule has 1 saturated heterocycles. The van der Waals surface area contributed by atoms with Gasteiger partial charge in [-0.2, -0.15) is 0 Å². The number of quaternary nitrogens is 1. The molecule has 2 rings (SSSR count). The number of hydrogen-bond donors (Lipinski definition) is 0. The summed E-state index contributed by atoms with van der Waals surface area (Å²) in [5.41, 5.74) is 1.16. The van der Waals surface area contributed by atoms with Crippen molar-refractivity contribution in [1.29, 1.82) is 0 Å². The van der Waals surface area contributed by atoms with Gasteiger partial charge in [-0.05, 0) is 38.8 Å². The van der Waals surface area contributed by atoms with Crippen LogP contribution >= 0.6 is 0 Å². The highest BCUT2D eigenvalue weighted by atomic mass is 16.5. The van der Waals surface area contributed by atoms with Crippen LogP contribution in [0.3, 0.4) is 0 Å². The lowest BCUT2D eigenvalue weighted by atomic mass is 10.1. The zero-order valence-corrected chi connectivity index (χ0v) is 27.7. The highest BCUT2D eigenvalue weighted by Gasteiger charge is 2.35. The van der Waals surface area contributed by atoms with Crippen molar-refractivity contribution in [3.63, 3.8) is 0 Å². The van der Waals surface area contributed by atoms with Crippen molar-refractivity contribution in [2.45, 2.75) is 111 Å². The largest absolute Gasteiger partial charge is 0.493 e. The standard InChI is InChI=1S/C34H63N2O5/c1-8-10-12-14-16-29(3)40-26-22-35-20-23-36(24-21-35,25-27-41-30(4)17-15-13-11-9-2)28-31-18-19-32(37-5)34(39-7)33(31)38-6/h18-19,29-30H,8-17,20-28H2,1-7H3/q+1. The Morgan fingerprint density at radius 1 is 0.732 bits per heavy atom. The van der Waals surface area contributed by atoms with Gasteiger partial charge in [0.1, 0.15) is 13.1 Å². The summed E-state index contributed by atoms with van der Waals surface area (Å²) < 4.78 is 30.6. The van der Waals surface area contributed by atoms with E-state index in [2.05, 4.69) is 38.7 Å². The molecule has 0 spiro atoms. The molecule has 0 radical (unpaired) electrons. The van der Waals surface area contributed by atoms with Gasteiger partial charge in [0.05, 0.1) is 65.4 Å². The Balaban J connectivity index is 1.99. The summed E-state index contributed by atoms with van der Waals surface area (Å²) in [5.74, 6) is 2.14. The second-order valence-corrected chi connectivity index (χ2v) is 12.1. The van der Waals surface area contributed by atoms with Crippen molar-refractivity contribution in [3.05, 3.63) is 17.7 Å². The van der Waals surface area contributed by atoms with E-state index in [1.807, 2.05) is 6.07 Å². The molecule has 1 fully saturated rings. The van der Waals surface area contributed by atoms with Crippen LogP contribution in [0.15, 0.2) is 12.1 Å². The molecule has 0 aromatic heterocycles. The van der Waals surface area contributed by atoms with Crippen LogP contribution in [0.2, 0.25) is 0 Å². The fraction of sp³-hybridized carbons (Fsp3) is 0.824. The lowest BCUT2D eigenvalue weighted by Gasteiger charge is -2.45. The Labute approximate surface area is 252 Å². The third-order valence-electron chi connectivity index (χ3n) is 8.78. The SMILES string of the molecule is CCCCCCC(C)OCCN1CC[N+](CCOC(C)CCCCCC)(Cc2ccc(OC)c(OC)c2OC)CC1. The number of piperazine rings is 1. The highest BCUT2D eigenvalue weighted by Crippen LogP contribution is 2.41. The molecular weight excluding hydrogens is 516 g/mol. The maximum atomic E-state index is 6.37. The van der Waals surface area contributed by atoms with E-state index in [0.717, 1.165) is 81.2 Å². The molecule has 238 valence electrons. The van der Waals surface area contributed by atoms with Crippen LogP contribution in [0.4, 0.5) is 0 Å². The van der Waals surface area contributed by atoms with E-state index in [0.29, 0.717) is 23.7 Å². The number of ether oxygens (including phenoxy) is 5. The molecule has 1 heterocycles. The minimum Gasteiger partial charge on any atom is -0.493 e. The van der Waals surface area contributed by atoms with Crippen LogP contribution in [0.25, 0.3) is 0 Å². The smallest absolute Gasteiger partial charge is 0.203 e. The predicted molar refractivity (Wildman–Crippen MR) is 169 cm³/mol. The highest BCUT2D eigenvalue weighted by molar-refractivity contribution is 5.55.